The molecule has 1 rings (SSSR count). The molecule has 0 N–H and O–H groups in total. The lowest BCUT2D eigenvalue weighted by atomic mass is 9.90. The number of hydrogen-bond acceptors (Lipinski definition) is 2. The number of nitrogens with zero attached hydrogens (tertiary/aromatic N) is 1. The molecule has 1 nitrogen and oxygen atoms in total. The van der Waals surface area contributed by atoms with Gasteiger partial charge in [-0.05, 0) is 36.1 Å². The van der Waals surface area contributed by atoms with E-state index in [0.29, 0.717) is 22.2 Å². The van der Waals surface area contributed by atoms with Gasteiger partial charge >= 0.3 is 6.18 Å². The van der Waals surface area contributed by atoms with E-state index in [0.717, 1.165) is 5.61 Å². The first-order valence-electron chi connectivity index (χ1n) is 6.15. The first-order valence-corrected chi connectivity index (χ1v) is 7.13. The van der Waals surface area contributed by atoms with Crippen LogP contribution in [0.2, 0.25) is 0 Å². The van der Waals surface area contributed by atoms with Gasteiger partial charge in [0, 0.05) is 4.90 Å². The lowest BCUT2D eigenvalue weighted by Gasteiger charge is -2.11. The maximum atomic E-state index is 13.8. The van der Waals surface area contributed by atoms with Crippen molar-refractivity contribution in [2.45, 2.75) is 31.8 Å². The molecule has 0 radical (unpaired) electrons. The molecule has 0 amide bonds. The summed E-state index contributed by atoms with van der Waals surface area (Å²) in [7, 11) is 1.77. The summed E-state index contributed by atoms with van der Waals surface area (Å²) in [6.07, 6.45) is -4.25. The molecule has 0 aliphatic heterocycles. The van der Waals surface area contributed by atoms with Crippen molar-refractivity contribution in [2.75, 3.05) is 5.75 Å². The molecular weight excluding hydrogens is 289 g/mol. The van der Waals surface area contributed by atoms with Crippen LogP contribution in [-0.4, -0.2) is 25.4 Å². The van der Waals surface area contributed by atoms with E-state index in [1.807, 2.05) is 13.8 Å². The summed E-state index contributed by atoms with van der Waals surface area (Å²) in [6, 6.07) is 2.61. The molecule has 0 saturated heterocycles. The number of halogens is 4. The quantitative estimate of drug-likeness (QED) is 0.353. The SMILES string of the molecule is B/C(=N\c1cc(SCC(F)(F)F)c(C)cc1F)C(C)C. The molecule has 20 heavy (non-hydrogen) atoms. The summed E-state index contributed by atoms with van der Waals surface area (Å²) in [5.74, 6) is -1.35. The van der Waals surface area contributed by atoms with E-state index in [1.54, 1.807) is 14.8 Å². The molecule has 110 valence electrons. The maximum absolute atomic E-state index is 13.8. The highest BCUT2D eigenvalue weighted by Gasteiger charge is 2.27. The molecule has 0 unspecified atom stereocenters. The number of aryl methyl sites for hydroxylation is 1. The Morgan fingerprint density at radius 2 is 1.95 bits per heavy atom. The van der Waals surface area contributed by atoms with Crippen LogP contribution in [0, 0.1) is 18.7 Å². The van der Waals surface area contributed by atoms with Gasteiger partial charge in [-0.1, -0.05) is 13.8 Å². The Hall–Kier alpha value is -0.975. The first-order chi connectivity index (χ1) is 9.10. The molecule has 0 heterocycles. The lowest BCUT2D eigenvalue weighted by Crippen LogP contribution is -2.10. The van der Waals surface area contributed by atoms with Crippen LogP contribution in [0.3, 0.4) is 0 Å². The van der Waals surface area contributed by atoms with Crippen molar-refractivity contribution in [2.24, 2.45) is 10.9 Å². The van der Waals surface area contributed by atoms with Gasteiger partial charge in [-0.3, -0.25) is 4.99 Å². The number of aliphatic imine (C=N–C) groups is 1. The number of thioether (sulfide) groups is 1. The summed E-state index contributed by atoms with van der Waals surface area (Å²) in [5, 5.41) is 0. The van der Waals surface area contributed by atoms with Crippen LogP contribution in [0.1, 0.15) is 19.4 Å². The van der Waals surface area contributed by atoms with Crippen LogP contribution < -0.4 is 0 Å². The van der Waals surface area contributed by atoms with Crippen LogP contribution >= 0.6 is 11.8 Å². The smallest absolute Gasteiger partial charge is 0.265 e. The highest BCUT2D eigenvalue weighted by Crippen LogP contribution is 2.33. The topological polar surface area (TPSA) is 12.4 Å². The Bertz CT molecular complexity index is 512. The summed E-state index contributed by atoms with van der Waals surface area (Å²) in [6.45, 7) is 5.43. The lowest BCUT2D eigenvalue weighted by molar-refractivity contribution is -0.105. The first kappa shape index (κ1) is 17.1. The fourth-order valence-corrected chi connectivity index (χ4v) is 2.16. The van der Waals surface area contributed by atoms with E-state index in [9.17, 15) is 17.6 Å². The van der Waals surface area contributed by atoms with Crippen LogP contribution in [-0.2, 0) is 0 Å². The van der Waals surface area contributed by atoms with Crippen molar-refractivity contribution >= 4 is 30.9 Å². The number of hydrogen-bond donors (Lipinski definition) is 0. The van der Waals surface area contributed by atoms with Gasteiger partial charge in [-0.2, -0.15) is 13.2 Å². The van der Waals surface area contributed by atoms with Crippen molar-refractivity contribution in [3.8, 4) is 0 Å². The number of rotatable bonds is 4. The zero-order valence-corrected chi connectivity index (χ0v) is 12.6. The second kappa shape index (κ2) is 6.65. The van der Waals surface area contributed by atoms with Gasteiger partial charge in [0.25, 0.3) is 0 Å². The van der Waals surface area contributed by atoms with Gasteiger partial charge in [0.1, 0.15) is 5.82 Å². The summed E-state index contributed by atoms with van der Waals surface area (Å²) >= 11 is 0.651. The normalized spacial score (nSPS) is 13.1. The Labute approximate surface area is 121 Å². The maximum Gasteiger partial charge on any atom is 0.398 e. The third-order valence-electron chi connectivity index (χ3n) is 2.77. The van der Waals surface area contributed by atoms with Crippen molar-refractivity contribution in [1.82, 2.24) is 0 Å². The van der Waals surface area contributed by atoms with Crippen molar-refractivity contribution < 1.29 is 17.6 Å². The van der Waals surface area contributed by atoms with Gasteiger partial charge in [0.05, 0.1) is 11.4 Å². The van der Waals surface area contributed by atoms with E-state index in [4.69, 9.17) is 0 Å². The van der Waals surface area contributed by atoms with E-state index in [1.165, 1.54) is 12.1 Å². The summed E-state index contributed by atoms with van der Waals surface area (Å²) in [5.41, 5.74) is 1.31. The average molecular weight is 305 g/mol. The molecule has 7 heteroatoms. The van der Waals surface area contributed by atoms with Gasteiger partial charge in [0.2, 0.25) is 0 Å². The third kappa shape index (κ3) is 5.19. The third-order valence-corrected chi connectivity index (χ3v) is 3.99. The number of alkyl halides is 3. The second-order valence-corrected chi connectivity index (χ2v) is 5.90. The van der Waals surface area contributed by atoms with E-state index in [-0.39, 0.29) is 11.6 Å². The average Bonchev–Trinajstić information content (AvgIpc) is 2.29. The van der Waals surface area contributed by atoms with Crippen LogP contribution in [0.4, 0.5) is 23.2 Å². The van der Waals surface area contributed by atoms with Crippen molar-refractivity contribution in [1.29, 1.82) is 0 Å². The van der Waals surface area contributed by atoms with Crippen LogP contribution in [0.15, 0.2) is 22.0 Å². The molecule has 0 aliphatic carbocycles. The minimum atomic E-state index is -4.25. The molecule has 0 spiro atoms. The molecule has 1 aromatic rings. The van der Waals surface area contributed by atoms with Gasteiger partial charge < -0.3 is 0 Å². The molecular formula is C13H16BF4NS. The Morgan fingerprint density at radius 3 is 2.45 bits per heavy atom. The monoisotopic (exact) mass is 305 g/mol. The van der Waals surface area contributed by atoms with Crippen molar-refractivity contribution in [3.05, 3.63) is 23.5 Å². The van der Waals surface area contributed by atoms with Crippen LogP contribution in [0.5, 0.6) is 0 Å². The second-order valence-electron chi connectivity index (χ2n) is 4.88. The zero-order valence-electron chi connectivity index (χ0n) is 11.8. The molecule has 0 bridgehead atoms. The Balaban J connectivity index is 3.07. The predicted octanol–water partition coefficient (Wildman–Crippen LogP) is 4.11. The van der Waals surface area contributed by atoms with Crippen LogP contribution in [0.25, 0.3) is 0 Å². The largest absolute Gasteiger partial charge is 0.398 e. The molecule has 0 saturated carbocycles. The fraction of sp³-hybridized carbons (Fsp3) is 0.462. The fourth-order valence-electron chi connectivity index (χ4n) is 1.36. The minimum absolute atomic E-state index is 0.0893. The molecule has 0 fully saturated rings. The van der Waals surface area contributed by atoms with E-state index in [2.05, 4.69) is 4.99 Å². The molecule has 0 aliphatic rings. The zero-order chi connectivity index (χ0) is 15.5. The Kier molecular flexibility index (Phi) is 5.68. The highest BCUT2D eigenvalue weighted by molar-refractivity contribution is 7.99. The van der Waals surface area contributed by atoms with Gasteiger partial charge in [0.15, 0.2) is 7.85 Å². The Morgan fingerprint density at radius 1 is 1.35 bits per heavy atom. The minimum Gasteiger partial charge on any atom is -0.265 e. The standard InChI is InChI=1S/C13H16BF4NS/c1-7(2)12(14)19-10-5-11(8(3)4-9(10)15)20-6-13(16,17)18/h4-5,7H,6,14H2,1-3H3/b19-12-. The highest BCUT2D eigenvalue weighted by atomic mass is 32.2. The van der Waals surface area contributed by atoms with Gasteiger partial charge in [-0.25, -0.2) is 4.39 Å². The molecule has 0 atom stereocenters. The van der Waals surface area contributed by atoms with Crippen molar-refractivity contribution in [3.63, 3.8) is 0 Å². The summed E-state index contributed by atoms with van der Waals surface area (Å²) in [4.78, 5) is 4.55. The molecule has 0 aromatic heterocycles. The predicted molar refractivity (Wildman–Crippen MR) is 78.4 cm³/mol. The number of benzene rings is 1. The summed E-state index contributed by atoms with van der Waals surface area (Å²) < 4.78 is 50.5. The molecule has 1 aromatic carbocycles. The van der Waals surface area contributed by atoms with Gasteiger partial charge in [-0.15, -0.1) is 11.8 Å². The van der Waals surface area contributed by atoms with E-state index >= 15 is 0 Å². The van der Waals surface area contributed by atoms with E-state index < -0.39 is 17.7 Å².